The molecule has 0 saturated carbocycles. The van der Waals surface area contributed by atoms with Crippen molar-refractivity contribution < 1.29 is 9.84 Å². The van der Waals surface area contributed by atoms with Gasteiger partial charge < -0.3 is 9.84 Å². The fourth-order valence-electron chi connectivity index (χ4n) is 1.60. The third-order valence-corrected chi connectivity index (χ3v) is 3.01. The van der Waals surface area contributed by atoms with E-state index in [4.69, 9.17) is 4.74 Å². The minimum absolute atomic E-state index is 0.0397. The third-order valence-electron chi connectivity index (χ3n) is 2.55. The van der Waals surface area contributed by atoms with E-state index in [1.54, 1.807) is 30.7 Å². The number of methoxy groups -OCH3 is 1. The summed E-state index contributed by atoms with van der Waals surface area (Å²) in [6, 6.07) is 3.43. The van der Waals surface area contributed by atoms with Gasteiger partial charge in [0.25, 0.3) is 0 Å². The first-order chi connectivity index (χ1) is 9.02. The molecular formula is C12H13BrN4O2. The fourth-order valence-corrected chi connectivity index (χ4v) is 2.05. The van der Waals surface area contributed by atoms with Crippen molar-refractivity contribution in [2.24, 2.45) is 5.10 Å². The van der Waals surface area contributed by atoms with Gasteiger partial charge in [-0.3, -0.25) is 0 Å². The molecule has 1 heterocycles. The van der Waals surface area contributed by atoms with Crippen LogP contribution in [0, 0.1) is 13.8 Å². The van der Waals surface area contributed by atoms with Crippen LogP contribution in [0.4, 0.5) is 0 Å². The van der Waals surface area contributed by atoms with Gasteiger partial charge in [0.15, 0.2) is 23.1 Å². The van der Waals surface area contributed by atoms with Crippen LogP contribution in [0.5, 0.6) is 11.5 Å². The maximum Gasteiger partial charge on any atom is 0.166 e. The molecule has 0 spiro atoms. The highest BCUT2D eigenvalue weighted by Gasteiger charge is 2.09. The lowest BCUT2D eigenvalue weighted by Crippen LogP contribution is -1.97. The average molecular weight is 325 g/mol. The number of hydrogen-bond donors (Lipinski definition) is 1. The highest BCUT2D eigenvalue weighted by molar-refractivity contribution is 9.10. The van der Waals surface area contributed by atoms with E-state index in [0.717, 1.165) is 4.47 Å². The molecule has 1 aromatic carbocycles. The summed E-state index contributed by atoms with van der Waals surface area (Å²) in [4.78, 5) is 0. The molecule has 0 unspecified atom stereocenters. The molecule has 6 nitrogen and oxygen atoms in total. The molecule has 2 rings (SSSR count). The van der Waals surface area contributed by atoms with Crippen LogP contribution in [0.2, 0.25) is 0 Å². The molecule has 0 aliphatic rings. The second kappa shape index (κ2) is 5.40. The second-order valence-electron chi connectivity index (χ2n) is 3.90. The third kappa shape index (κ3) is 2.76. The van der Waals surface area contributed by atoms with Gasteiger partial charge in [0.2, 0.25) is 0 Å². The molecule has 0 saturated heterocycles. The Balaban J connectivity index is 2.41. The zero-order valence-corrected chi connectivity index (χ0v) is 12.3. The molecule has 0 aliphatic carbocycles. The average Bonchev–Trinajstić information content (AvgIpc) is 2.70. The zero-order chi connectivity index (χ0) is 14.0. The minimum atomic E-state index is 0.0397. The van der Waals surface area contributed by atoms with Crippen LogP contribution >= 0.6 is 15.9 Å². The summed E-state index contributed by atoms with van der Waals surface area (Å²) in [5.41, 5.74) is 0.540. The van der Waals surface area contributed by atoms with Gasteiger partial charge in [0.1, 0.15) is 0 Å². The molecule has 1 N–H and O–H groups in total. The first-order valence-corrected chi connectivity index (χ1v) is 6.31. The zero-order valence-electron chi connectivity index (χ0n) is 10.8. The minimum Gasteiger partial charge on any atom is -0.504 e. The molecule has 0 bridgehead atoms. The van der Waals surface area contributed by atoms with Crippen LogP contribution in [0.1, 0.15) is 17.2 Å². The van der Waals surface area contributed by atoms with E-state index in [9.17, 15) is 5.11 Å². The molecule has 2 aromatic rings. The molecule has 7 heteroatoms. The van der Waals surface area contributed by atoms with Crippen molar-refractivity contribution >= 4 is 22.1 Å². The summed E-state index contributed by atoms with van der Waals surface area (Å²) >= 11 is 3.35. The maximum absolute atomic E-state index is 10.0. The van der Waals surface area contributed by atoms with Crippen molar-refractivity contribution in [2.75, 3.05) is 7.11 Å². The smallest absolute Gasteiger partial charge is 0.166 e. The highest BCUT2D eigenvalue weighted by Crippen LogP contribution is 2.32. The van der Waals surface area contributed by atoms with Gasteiger partial charge in [-0.1, -0.05) is 15.9 Å². The summed E-state index contributed by atoms with van der Waals surface area (Å²) in [6.07, 6.45) is 1.53. The van der Waals surface area contributed by atoms with Crippen LogP contribution < -0.4 is 4.74 Å². The number of benzene rings is 1. The number of nitrogens with zero attached hydrogens (tertiary/aromatic N) is 4. The van der Waals surface area contributed by atoms with Crippen LogP contribution in [0.3, 0.4) is 0 Å². The monoisotopic (exact) mass is 324 g/mol. The lowest BCUT2D eigenvalue weighted by molar-refractivity contribution is 0.373. The SMILES string of the molecule is COc1cc(Br)cc(/C=N/n2c(C)nnc2C)c1O. The number of halogens is 1. The summed E-state index contributed by atoms with van der Waals surface area (Å²) in [5, 5.41) is 22.1. The Labute approximate surface area is 118 Å². The number of phenols is 1. The standard InChI is InChI=1S/C12H13BrN4O2/c1-7-15-16-8(2)17(7)14-6-9-4-10(13)5-11(19-3)12(9)18/h4-6,18H,1-3H3/b14-6+. The molecule has 0 aliphatic heterocycles. The molecule has 100 valence electrons. The van der Waals surface area contributed by atoms with Crippen LogP contribution in [0.25, 0.3) is 0 Å². The molecular weight excluding hydrogens is 312 g/mol. The van der Waals surface area contributed by atoms with Gasteiger partial charge in [-0.15, -0.1) is 10.2 Å². The highest BCUT2D eigenvalue weighted by atomic mass is 79.9. The predicted molar refractivity (Wildman–Crippen MR) is 74.8 cm³/mol. The Morgan fingerprint density at radius 3 is 2.53 bits per heavy atom. The summed E-state index contributed by atoms with van der Waals surface area (Å²) in [5.74, 6) is 1.77. The van der Waals surface area contributed by atoms with Crippen molar-refractivity contribution in [3.05, 3.63) is 33.8 Å². The molecule has 1 aromatic heterocycles. The summed E-state index contributed by atoms with van der Waals surface area (Å²) in [7, 11) is 1.50. The second-order valence-corrected chi connectivity index (χ2v) is 4.81. The largest absolute Gasteiger partial charge is 0.504 e. The van der Waals surface area contributed by atoms with Crippen molar-refractivity contribution in [2.45, 2.75) is 13.8 Å². The van der Waals surface area contributed by atoms with Gasteiger partial charge in [-0.25, -0.2) is 4.68 Å². The van der Waals surface area contributed by atoms with E-state index in [0.29, 0.717) is 23.0 Å². The van der Waals surface area contributed by atoms with E-state index < -0.39 is 0 Å². The topological polar surface area (TPSA) is 72.5 Å². The number of aromatic nitrogens is 3. The van der Waals surface area contributed by atoms with Gasteiger partial charge in [0, 0.05) is 10.0 Å². The number of aromatic hydroxyl groups is 1. The number of rotatable bonds is 3. The Hall–Kier alpha value is -1.89. The van der Waals surface area contributed by atoms with E-state index in [1.807, 2.05) is 0 Å². The lowest BCUT2D eigenvalue weighted by atomic mass is 10.2. The quantitative estimate of drug-likeness (QED) is 0.879. The first-order valence-electron chi connectivity index (χ1n) is 5.52. The van der Waals surface area contributed by atoms with Crippen molar-refractivity contribution in [1.82, 2.24) is 14.9 Å². The van der Waals surface area contributed by atoms with Gasteiger partial charge in [0.05, 0.1) is 13.3 Å². The van der Waals surface area contributed by atoms with E-state index in [1.165, 1.54) is 13.3 Å². The Morgan fingerprint density at radius 1 is 1.32 bits per heavy atom. The molecule has 19 heavy (non-hydrogen) atoms. The van der Waals surface area contributed by atoms with Crippen molar-refractivity contribution in [1.29, 1.82) is 0 Å². The fraction of sp³-hybridized carbons (Fsp3) is 0.250. The summed E-state index contributed by atoms with van der Waals surface area (Å²) < 4.78 is 7.46. The number of ether oxygens (including phenoxy) is 1. The predicted octanol–water partition coefficient (Wildman–Crippen LogP) is 2.25. The number of phenolic OH excluding ortho intramolecular Hbond substituents is 1. The van der Waals surface area contributed by atoms with Gasteiger partial charge >= 0.3 is 0 Å². The molecule has 0 radical (unpaired) electrons. The van der Waals surface area contributed by atoms with E-state index >= 15 is 0 Å². The summed E-state index contributed by atoms with van der Waals surface area (Å²) in [6.45, 7) is 3.61. The van der Waals surface area contributed by atoms with Crippen LogP contribution in [0.15, 0.2) is 21.7 Å². The normalized spacial score (nSPS) is 11.2. The molecule has 0 amide bonds. The van der Waals surface area contributed by atoms with Crippen molar-refractivity contribution in [3.8, 4) is 11.5 Å². The van der Waals surface area contributed by atoms with Crippen LogP contribution in [-0.4, -0.2) is 33.3 Å². The van der Waals surface area contributed by atoms with Gasteiger partial charge in [-0.2, -0.15) is 5.10 Å². The van der Waals surface area contributed by atoms with Crippen LogP contribution in [-0.2, 0) is 0 Å². The Morgan fingerprint density at radius 2 is 1.95 bits per heavy atom. The van der Waals surface area contributed by atoms with Crippen molar-refractivity contribution in [3.63, 3.8) is 0 Å². The first kappa shape index (κ1) is 13.5. The lowest BCUT2D eigenvalue weighted by Gasteiger charge is -2.06. The Kier molecular flexibility index (Phi) is 3.84. The van der Waals surface area contributed by atoms with E-state index in [-0.39, 0.29) is 5.75 Å². The molecule has 0 fully saturated rings. The Bertz CT molecular complexity index is 617. The maximum atomic E-state index is 10.0. The van der Waals surface area contributed by atoms with Gasteiger partial charge in [-0.05, 0) is 26.0 Å². The van der Waals surface area contributed by atoms with E-state index in [2.05, 4.69) is 31.2 Å². The number of aryl methyl sites for hydroxylation is 2. The number of hydrogen-bond acceptors (Lipinski definition) is 5. The molecule has 0 atom stereocenters.